The van der Waals surface area contributed by atoms with Gasteiger partial charge in [0.2, 0.25) is 0 Å². The minimum Gasteiger partial charge on any atom is -0.497 e. The van der Waals surface area contributed by atoms with E-state index in [2.05, 4.69) is 11.2 Å². The quantitative estimate of drug-likeness (QED) is 0.847. The van der Waals surface area contributed by atoms with Gasteiger partial charge in [-0.05, 0) is 19.1 Å². The summed E-state index contributed by atoms with van der Waals surface area (Å²) in [5, 5.41) is 13.2. The minimum atomic E-state index is 0.425. The molecule has 0 saturated heterocycles. The molecule has 1 heterocycles. The van der Waals surface area contributed by atoms with Gasteiger partial charge in [-0.3, -0.25) is 0 Å². The Morgan fingerprint density at radius 2 is 2.18 bits per heavy atom. The smallest absolute Gasteiger partial charge is 0.146 e. The van der Waals surface area contributed by atoms with Crippen LogP contribution in [0.1, 0.15) is 11.3 Å². The number of nitriles is 1. The molecular formula is C12H12N4O. The third kappa shape index (κ3) is 1.93. The topological polar surface area (TPSA) is 76.9 Å². The molecule has 1 aromatic heterocycles. The molecule has 0 amide bonds. The molecule has 1 aromatic carbocycles. The van der Waals surface area contributed by atoms with E-state index in [1.807, 2.05) is 6.92 Å². The lowest BCUT2D eigenvalue weighted by Gasteiger charge is -2.08. The molecule has 0 aliphatic rings. The number of rotatable bonds is 2. The van der Waals surface area contributed by atoms with Crippen LogP contribution in [0.3, 0.4) is 0 Å². The van der Waals surface area contributed by atoms with Crippen LogP contribution in [-0.4, -0.2) is 16.9 Å². The summed E-state index contributed by atoms with van der Waals surface area (Å²) in [6, 6.07) is 9.08. The number of anilines is 1. The van der Waals surface area contributed by atoms with Crippen molar-refractivity contribution in [3.8, 4) is 17.5 Å². The zero-order valence-corrected chi connectivity index (χ0v) is 9.64. The molecule has 2 aromatic rings. The van der Waals surface area contributed by atoms with E-state index in [-0.39, 0.29) is 0 Å². The first kappa shape index (κ1) is 11.0. The Labute approximate surface area is 99.0 Å². The molecule has 0 atom stereocenters. The van der Waals surface area contributed by atoms with Crippen molar-refractivity contribution in [2.45, 2.75) is 6.92 Å². The SMILES string of the molecule is COc1ccc(C#N)c(-n2nc(N)cc2C)c1. The van der Waals surface area contributed by atoms with Gasteiger partial charge >= 0.3 is 0 Å². The van der Waals surface area contributed by atoms with Crippen molar-refractivity contribution in [2.75, 3.05) is 12.8 Å². The summed E-state index contributed by atoms with van der Waals surface area (Å²) in [7, 11) is 1.58. The molecule has 0 aliphatic carbocycles. The fourth-order valence-electron chi connectivity index (χ4n) is 1.65. The van der Waals surface area contributed by atoms with Crippen molar-refractivity contribution in [1.82, 2.24) is 9.78 Å². The second-order valence-corrected chi connectivity index (χ2v) is 3.62. The monoisotopic (exact) mass is 228 g/mol. The average Bonchev–Trinajstić information content (AvgIpc) is 2.67. The molecule has 17 heavy (non-hydrogen) atoms. The zero-order valence-electron chi connectivity index (χ0n) is 9.64. The lowest BCUT2D eigenvalue weighted by molar-refractivity contribution is 0.414. The number of benzene rings is 1. The molecule has 2 rings (SSSR count). The number of nitrogen functional groups attached to an aromatic ring is 1. The number of aromatic nitrogens is 2. The molecule has 0 bridgehead atoms. The van der Waals surface area contributed by atoms with Gasteiger partial charge in [0.1, 0.15) is 17.6 Å². The third-order valence-electron chi connectivity index (χ3n) is 2.46. The first-order valence-corrected chi connectivity index (χ1v) is 5.06. The van der Waals surface area contributed by atoms with Gasteiger partial charge in [-0.15, -0.1) is 0 Å². The lowest BCUT2D eigenvalue weighted by atomic mass is 10.2. The predicted octanol–water partition coefficient (Wildman–Crippen LogP) is 1.64. The van der Waals surface area contributed by atoms with Crippen molar-refractivity contribution in [1.29, 1.82) is 5.26 Å². The molecule has 0 spiro atoms. The standard InChI is InChI=1S/C12H12N4O/c1-8-5-12(14)15-16(8)11-6-10(17-2)4-3-9(11)7-13/h3-6H,1-2H3,(H2,14,15). The van der Waals surface area contributed by atoms with E-state index in [1.165, 1.54) is 0 Å². The van der Waals surface area contributed by atoms with Crippen molar-refractivity contribution >= 4 is 5.82 Å². The lowest BCUT2D eigenvalue weighted by Crippen LogP contribution is -2.02. The maximum Gasteiger partial charge on any atom is 0.146 e. The molecular weight excluding hydrogens is 216 g/mol. The predicted molar refractivity (Wildman–Crippen MR) is 64.0 cm³/mol. The van der Waals surface area contributed by atoms with Crippen LogP contribution < -0.4 is 10.5 Å². The summed E-state index contributed by atoms with van der Waals surface area (Å²) in [6.07, 6.45) is 0. The first-order chi connectivity index (χ1) is 8.15. The highest BCUT2D eigenvalue weighted by Gasteiger charge is 2.10. The van der Waals surface area contributed by atoms with E-state index < -0.39 is 0 Å². The summed E-state index contributed by atoms with van der Waals surface area (Å²) in [6.45, 7) is 1.88. The Bertz CT molecular complexity index is 595. The molecule has 5 heteroatoms. The third-order valence-corrected chi connectivity index (χ3v) is 2.46. The Morgan fingerprint density at radius 1 is 1.41 bits per heavy atom. The van der Waals surface area contributed by atoms with Crippen LogP contribution in [0.5, 0.6) is 5.75 Å². The van der Waals surface area contributed by atoms with Gasteiger partial charge in [-0.1, -0.05) is 0 Å². The second-order valence-electron chi connectivity index (χ2n) is 3.62. The summed E-state index contributed by atoms with van der Waals surface area (Å²) in [4.78, 5) is 0. The van der Waals surface area contributed by atoms with Gasteiger partial charge < -0.3 is 10.5 Å². The van der Waals surface area contributed by atoms with Gasteiger partial charge in [0.05, 0.1) is 18.4 Å². The molecule has 2 N–H and O–H groups in total. The van der Waals surface area contributed by atoms with Crippen LogP contribution in [0.4, 0.5) is 5.82 Å². The summed E-state index contributed by atoms with van der Waals surface area (Å²) in [5.41, 5.74) is 7.69. The number of nitrogens with two attached hydrogens (primary N) is 1. The van der Waals surface area contributed by atoms with Gasteiger partial charge in [0, 0.05) is 17.8 Å². The van der Waals surface area contributed by atoms with E-state index in [1.54, 1.807) is 36.1 Å². The Hall–Kier alpha value is -2.48. The van der Waals surface area contributed by atoms with E-state index in [9.17, 15) is 0 Å². The van der Waals surface area contributed by atoms with E-state index in [0.717, 1.165) is 5.69 Å². The second kappa shape index (κ2) is 4.18. The highest BCUT2D eigenvalue weighted by atomic mass is 16.5. The summed E-state index contributed by atoms with van der Waals surface area (Å²) >= 11 is 0. The summed E-state index contributed by atoms with van der Waals surface area (Å²) < 4.78 is 6.78. The van der Waals surface area contributed by atoms with Crippen LogP contribution >= 0.6 is 0 Å². The molecule has 0 aliphatic heterocycles. The van der Waals surface area contributed by atoms with Gasteiger partial charge in [-0.2, -0.15) is 10.4 Å². The number of hydrogen-bond donors (Lipinski definition) is 1. The van der Waals surface area contributed by atoms with Crippen molar-refractivity contribution in [3.63, 3.8) is 0 Å². The maximum absolute atomic E-state index is 9.08. The van der Waals surface area contributed by atoms with Gasteiger partial charge in [-0.25, -0.2) is 4.68 Å². The van der Waals surface area contributed by atoms with Gasteiger partial charge in [0.25, 0.3) is 0 Å². The number of aryl methyl sites for hydroxylation is 1. The molecule has 0 radical (unpaired) electrons. The molecule has 86 valence electrons. The Kier molecular flexibility index (Phi) is 2.71. The Balaban J connectivity index is 2.65. The fourth-order valence-corrected chi connectivity index (χ4v) is 1.65. The first-order valence-electron chi connectivity index (χ1n) is 5.06. The molecule has 0 saturated carbocycles. The molecule has 5 nitrogen and oxygen atoms in total. The molecule has 0 unspecified atom stereocenters. The van der Waals surface area contributed by atoms with Gasteiger partial charge in [0.15, 0.2) is 0 Å². The van der Waals surface area contributed by atoms with E-state index >= 15 is 0 Å². The number of hydrogen-bond acceptors (Lipinski definition) is 4. The molecule has 0 fully saturated rings. The van der Waals surface area contributed by atoms with Crippen molar-refractivity contribution in [2.24, 2.45) is 0 Å². The van der Waals surface area contributed by atoms with E-state index in [4.69, 9.17) is 15.7 Å². The van der Waals surface area contributed by atoms with Crippen LogP contribution in [0.2, 0.25) is 0 Å². The van der Waals surface area contributed by atoms with Crippen LogP contribution in [0, 0.1) is 18.3 Å². The number of ether oxygens (including phenoxy) is 1. The Morgan fingerprint density at radius 3 is 2.71 bits per heavy atom. The highest BCUT2D eigenvalue weighted by Crippen LogP contribution is 2.22. The number of methoxy groups -OCH3 is 1. The van der Waals surface area contributed by atoms with Crippen molar-refractivity contribution in [3.05, 3.63) is 35.5 Å². The van der Waals surface area contributed by atoms with Crippen LogP contribution in [0.15, 0.2) is 24.3 Å². The number of nitrogens with zero attached hydrogens (tertiary/aromatic N) is 3. The average molecular weight is 228 g/mol. The van der Waals surface area contributed by atoms with Crippen LogP contribution in [-0.2, 0) is 0 Å². The normalized spacial score (nSPS) is 9.94. The maximum atomic E-state index is 9.08. The zero-order chi connectivity index (χ0) is 12.4. The van der Waals surface area contributed by atoms with Crippen molar-refractivity contribution < 1.29 is 4.74 Å². The fraction of sp³-hybridized carbons (Fsp3) is 0.167. The summed E-state index contributed by atoms with van der Waals surface area (Å²) in [5.74, 6) is 1.10. The van der Waals surface area contributed by atoms with Crippen LogP contribution in [0.25, 0.3) is 5.69 Å². The van der Waals surface area contributed by atoms with E-state index in [0.29, 0.717) is 22.8 Å². The minimum absolute atomic E-state index is 0.425. The highest BCUT2D eigenvalue weighted by molar-refractivity contribution is 5.53. The largest absolute Gasteiger partial charge is 0.497 e.